The van der Waals surface area contributed by atoms with Gasteiger partial charge in [-0.05, 0) is 144 Å². The molecule has 0 amide bonds. The molecule has 0 radical (unpaired) electrons. The Balaban J connectivity index is 1.50. The van der Waals surface area contributed by atoms with Crippen molar-refractivity contribution in [2.24, 2.45) is 0 Å². The van der Waals surface area contributed by atoms with Crippen molar-refractivity contribution in [3.63, 3.8) is 0 Å². The second-order valence-corrected chi connectivity index (χ2v) is 15.4. The molecule has 63 heavy (non-hydrogen) atoms. The molecule has 0 bridgehead atoms. The Kier molecular flexibility index (Phi) is 14.8. The highest BCUT2D eigenvalue weighted by Crippen LogP contribution is 2.51. The second-order valence-electron chi connectivity index (χ2n) is 15.4. The molecule has 0 saturated carbocycles. The fourth-order valence-electron chi connectivity index (χ4n) is 8.84. The molecule has 0 atom stereocenters. The molecule has 0 N–H and O–H groups in total. The molecule has 0 aliphatic rings. The third kappa shape index (κ3) is 9.68. The number of benzene rings is 8. The van der Waals surface area contributed by atoms with Crippen LogP contribution in [0.1, 0.15) is 49.9 Å². The number of fused-ring (bicyclic) bond motifs is 4. The van der Waals surface area contributed by atoms with E-state index in [1.807, 2.05) is 88.4 Å². The van der Waals surface area contributed by atoms with Crippen molar-refractivity contribution in [2.45, 2.75) is 53.4 Å². The summed E-state index contributed by atoms with van der Waals surface area (Å²) in [5.41, 5.74) is 4.66. The van der Waals surface area contributed by atoms with Gasteiger partial charge in [-0.1, -0.05) is 97.1 Å². The highest BCUT2D eigenvalue weighted by Gasteiger charge is 2.26. The van der Waals surface area contributed by atoms with Gasteiger partial charge in [0.15, 0.2) is 23.0 Å². The maximum atomic E-state index is 7.77. The van der Waals surface area contributed by atoms with Gasteiger partial charge in [-0.15, -0.1) is 0 Å². The normalized spacial score (nSPS) is 11.6. The van der Waals surface area contributed by atoms with Crippen molar-refractivity contribution in [2.75, 3.05) is 52.9 Å². The predicted octanol–water partition coefficient (Wildman–Crippen LogP) is 14.0. The smallest absolute Gasteiger partial charge is 0.178 e. The van der Waals surface area contributed by atoms with Gasteiger partial charge in [-0.2, -0.15) is 0 Å². The van der Waals surface area contributed by atoms with Crippen molar-refractivity contribution in [1.82, 2.24) is 0 Å². The van der Waals surface area contributed by atoms with Crippen LogP contribution in [0.2, 0.25) is 0 Å². The topological polar surface area (TPSA) is 64.6 Å². The van der Waals surface area contributed by atoms with Crippen LogP contribution in [0.25, 0.3) is 43.1 Å². The van der Waals surface area contributed by atoms with Gasteiger partial charge in [0.2, 0.25) is 0 Å². The predicted molar refractivity (Wildman–Crippen MR) is 257 cm³/mol. The number of hydrogen-bond donors (Lipinski definition) is 0. The molecular formula is C56H58O7. The molecule has 7 nitrogen and oxygen atoms in total. The molecular weight excluding hydrogens is 785 g/mol. The summed E-state index contributed by atoms with van der Waals surface area (Å²) in [6, 6.07) is 45.7. The van der Waals surface area contributed by atoms with E-state index in [1.54, 1.807) is 0 Å². The van der Waals surface area contributed by atoms with E-state index in [-0.39, 0.29) is 0 Å². The van der Waals surface area contributed by atoms with E-state index in [4.69, 9.17) is 33.2 Å². The average Bonchev–Trinajstić information content (AvgIpc) is 3.32. The average molecular weight is 843 g/mol. The minimum atomic E-state index is 0.546. The number of para-hydroxylation sites is 2. The molecule has 0 spiro atoms. The molecule has 0 aliphatic heterocycles. The first-order chi connectivity index (χ1) is 31.1. The lowest BCUT2D eigenvalue weighted by atomic mass is 9.88. The van der Waals surface area contributed by atoms with E-state index in [1.165, 1.54) is 21.9 Å². The Bertz CT molecular complexity index is 2570. The summed E-state index contributed by atoms with van der Waals surface area (Å²) in [6.07, 6.45) is 2.78. The van der Waals surface area contributed by atoms with Crippen molar-refractivity contribution in [1.29, 1.82) is 0 Å². The summed E-state index contributed by atoms with van der Waals surface area (Å²) < 4.78 is 45.8. The van der Waals surface area contributed by atoms with Crippen LogP contribution >= 0.6 is 0 Å². The molecule has 324 valence electrons. The van der Waals surface area contributed by atoms with Crippen molar-refractivity contribution in [3.05, 3.63) is 156 Å². The Morgan fingerprint density at radius 1 is 0.302 bits per heavy atom. The zero-order chi connectivity index (χ0) is 43.4. The van der Waals surface area contributed by atoms with Gasteiger partial charge in [0.05, 0.1) is 26.4 Å². The van der Waals surface area contributed by atoms with Crippen LogP contribution in [0.3, 0.4) is 0 Å². The fraction of sp³-hybridized carbons (Fsp3) is 0.286. The zero-order valence-electron chi connectivity index (χ0n) is 37.0. The van der Waals surface area contributed by atoms with Gasteiger partial charge in [0.1, 0.15) is 11.5 Å². The molecule has 0 aromatic heterocycles. The maximum Gasteiger partial charge on any atom is 0.178 e. The van der Waals surface area contributed by atoms with Crippen LogP contribution in [0.15, 0.2) is 133 Å². The van der Waals surface area contributed by atoms with E-state index in [2.05, 4.69) is 72.8 Å². The van der Waals surface area contributed by atoms with Crippen molar-refractivity contribution >= 4 is 43.1 Å². The summed E-state index contributed by atoms with van der Waals surface area (Å²) in [5, 5.41) is 8.81. The highest BCUT2D eigenvalue weighted by atomic mass is 16.5. The maximum absolute atomic E-state index is 7.77. The summed E-state index contributed by atoms with van der Waals surface area (Å²) >= 11 is 0. The van der Waals surface area contributed by atoms with E-state index >= 15 is 0 Å². The molecule has 0 heterocycles. The van der Waals surface area contributed by atoms with Crippen LogP contribution in [-0.4, -0.2) is 52.9 Å². The highest BCUT2D eigenvalue weighted by molar-refractivity contribution is 6.11. The van der Waals surface area contributed by atoms with Gasteiger partial charge in [-0.3, -0.25) is 0 Å². The molecule has 8 aromatic carbocycles. The third-order valence-electron chi connectivity index (χ3n) is 11.6. The van der Waals surface area contributed by atoms with Crippen LogP contribution in [0.5, 0.6) is 34.5 Å². The largest absolute Gasteiger partial charge is 0.453 e. The molecule has 0 saturated heterocycles. The molecule has 0 aliphatic carbocycles. The number of ether oxygens (including phenoxy) is 7. The van der Waals surface area contributed by atoms with Crippen LogP contribution < -0.4 is 14.2 Å². The molecule has 7 heteroatoms. The monoisotopic (exact) mass is 842 g/mol. The van der Waals surface area contributed by atoms with Gasteiger partial charge in [0.25, 0.3) is 0 Å². The molecule has 0 fully saturated rings. The Labute approximate surface area is 371 Å². The van der Waals surface area contributed by atoms with E-state index < -0.39 is 0 Å². The summed E-state index contributed by atoms with van der Waals surface area (Å²) in [5.74, 6) is 3.81. The zero-order valence-corrected chi connectivity index (χ0v) is 37.0. The van der Waals surface area contributed by atoms with Crippen molar-refractivity contribution in [3.8, 4) is 34.5 Å². The number of hydrogen-bond acceptors (Lipinski definition) is 7. The molecule has 8 aromatic rings. The lowest BCUT2D eigenvalue weighted by Gasteiger charge is -2.25. The van der Waals surface area contributed by atoms with E-state index in [0.29, 0.717) is 100 Å². The summed E-state index contributed by atoms with van der Waals surface area (Å²) in [7, 11) is 0. The minimum absolute atomic E-state index is 0.546. The molecule has 8 rings (SSSR count). The standard InChI is InChI=1S/C56H58O7/c1-5-57-35-31-45-41-23-15-17-25-43(41)49(33-37-59-7-3)53-47(45)27-29-51(61-39-19-11-9-12-20-39)55(53)63-56-52(62-40-21-13-10-14-22-40)30-28-48-46(32-36-58-6-2)42-24-16-18-26-44(42)50(54(48)56)34-38-60-8-4/h9-30H,5-8,31-38H2,1-4H3. The van der Waals surface area contributed by atoms with Gasteiger partial charge < -0.3 is 33.2 Å². The molecule has 0 unspecified atom stereocenters. The fourth-order valence-corrected chi connectivity index (χ4v) is 8.84. The van der Waals surface area contributed by atoms with Crippen molar-refractivity contribution < 1.29 is 33.2 Å². The van der Waals surface area contributed by atoms with Gasteiger partial charge in [0, 0.05) is 37.2 Å². The quantitative estimate of drug-likeness (QED) is 0.0497. The Morgan fingerprint density at radius 2 is 0.619 bits per heavy atom. The van der Waals surface area contributed by atoms with Gasteiger partial charge in [-0.25, -0.2) is 0 Å². The first-order valence-electron chi connectivity index (χ1n) is 22.6. The lowest BCUT2D eigenvalue weighted by Crippen LogP contribution is -2.07. The van der Waals surface area contributed by atoms with Crippen LogP contribution in [-0.2, 0) is 44.6 Å². The SMILES string of the molecule is CCOCCc1c2ccccc2c(CCOCC)c2c(Oc3c(Oc4ccccc4)ccc4c(CCOCC)c5ccccc5c(CCOCC)c34)c(Oc3ccccc3)ccc12. The Morgan fingerprint density at radius 3 is 0.968 bits per heavy atom. The summed E-state index contributed by atoms with van der Waals surface area (Å²) in [6.45, 7) is 13.0. The first-order valence-corrected chi connectivity index (χ1v) is 22.6. The minimum Gasteiger partial charge on any atom is -0.453 e. The first kappa shape index (κ1) is 43.7. The summed E-state index contributed by atoms with van der Waals surface area (Å²) in [4.78, 5) is 0. The van der Waals surface area contributed by atoms with Crippen LogP contribution in [0, 0.1) is 0 Å². The number of rotatable bonds is 22. The lowest BCUT2D eigenvalue weighted by molar-refractivity contribution is 0.151. The third-order valence-corrected chi connectivity index (χ3v) is 11.6. The Hall–Kier alpha value is -5.96. The second kappa shape index (κ2) is 21.4. The van der Waals surface area contributed by atoms with E-state index in [9.17, 15) is 0 Å². The van der Waals surface area contributed by atoms with E-state index in [0.717, 1.165) is 56.3 Å². The van der Waals surface area contributed by atoms with Crippen LogP contribution in [0.4, 0.5) is 0 Å². The van der Waals surface area contributed by atoms with Gasteiger partial charge >= 0.3 is 0 Å².